The third-order valence-corrected chi connectivity index (χ3v) is 9.26. The number of pyridine rings is 2. The summed E-state index contributed by atoms with van der Waals surface area (Å²) in [6.07, 6.45) is 17.2. The molecule has 2 saturated carbocycles. The smallest absolute Gasteiger partial charge is 0.146 e. The molecule has 2 aliphatic rings. The summed E-state index contributed by atoms with van der Waals surface area (Å²) in [5.41, 5.74) is 17.0. The topological polar surface area (TPSA) is 159 Å². The van der Waals surface area contributed by atoms with Crippen molar-refractivity contribution in [3.05, 3.63) is 94.3 Å². The molecule has 6 heterocycles. The number of nitrogen functional groups attached to an aromatic ring is 2. The SMILES string of the molecule is Nc1ncnc2c1c(C(O)c1cc(Cl)ccn1)cn2C1CCC1.Nc1ncnc2c1c(Cc1cc(Cl)ccn1)cn2C1CCC1. The predicted molar refractivity (Wildman–Crippen MR) is 175 cm³/mol. The molecule has 6 aromatic heterocycles. The molecule has 2 fully saturated rings. The highest BCUT2D eigenvalue weighted by Gasteiger charge is 2.27. The second kappa shape index (κ2) is 12.2. The van der Waals surface area contributed by atoms with E-state index >= 15 is 0 Å². The predicted octanol–water partition coefficient (Wildman–Crippen LogP) is 6.25. The highest BCUT2D eigenvalue weighted by molar-refractivity contribution is 6.30. The molecule has 1 atom stereocenters. The fraction of sp³-hybridized carbons (Fsp3) is 0.312. The Labute approximate surface area is 269 Å². The van der Waals surface area contributed by atoms with E-state index in [1.165, 1.54) is 38.3 Å². The molecule has 0 radical (unpaired) electrons. The molecule has 0 aliphatic heterocycles. The van der Waals surface area contributed by atoms with Gasteiger partial charge in [-0.15, -0.1) is 0 Å². The first-order chi connectivity index (χ1) is 21.9. The number of fused-ring (bicyclic) bond motifs is 2. The molecule has 0 amide bonds. The van der Waals surface area contributed by atoms with Gasteiger partial charge >= 0.3 is 0 Å². The monoisotopic (exact) mass is 642 g/mol. The van der Waals surface area contributed by atoms with E-state index in [0.717, 1.165) is 40.8 Å². The maximum Gasteiger partial charge on any atom is 0.146 e. The van der Waals surface area contributed by atoms with Crippen molar-refractivity contribution in [3.8, 4) is 0 Å². The van der Waals surface area contributed by atoms with Crippen LogP contribution in [0.25, 0.3) is 22.1 Å². The zero-order chi connectivity index (χ0) is 31.1. The molecule has 0 aromatic carbocycles. The van der Waals surface area contributed by atoms with Crippen LogP contribution in [0.15, 0.2) is 61.7 Å². The minimum absolute atomic E-state index is 0.365. The lowest BCUT2D eigenvalue weighted by molar-refractivity contribution is 0.216. The fourth-order valence-electron chi connectivity index (χ4n) is 6.02. The van der Waals surface area contributed by atoms with Crippen molar-refractivity contribution in [2.24, 2.45) is 0 Å². The zero-order valence-electron chi connectivity index (χ0n) is 24.4. The molecule has 45 heavy (non-hydrogen) atoms. The van der Waals surface area contributed by atoms with E-state index in [1.54, 1.807) is 30.6 Å². The van der Waals surface area contributed by atoms with Crippen LogP contribution in [-0.2, 0) is 6.42 Å². The van der Waals surface area contributed by atoms with Gasteiger partial charge in [0.1, 0.15) is 41.7 Å². The van der Waals surface area contributed by atoms with E-state index in [1.807, 2.05) is 12.3 Å². The Bertz CT molecular complexity index is 2000. The van der Waals surface area contributed by atoms with E-state index in [-0.39, 0.29) is 0 Å². The minimum atomic E-state index is -0.925. The average Bonchev–Trinajstić information content (AvgIpc) is 3.52. The molecule has 11 nitrogen and oxygen atoms in total. The number of aromatic nitrogens is 8. The summed E-state index contributed by atoms with van der Waals surface area (Å²) >= 11 is 12.1. The average molecular weight is 644 g/mol. The van der Waals surface area contributed by atoms with Crippen LogP contribution in [0.5, 0.6) is 0 Å². The molecular formula is C32H32Cl2N10O. The van der Waals surface area contributed by atoms with Gasteiger partial charge in [0.2, 0.25) is 0 Å². The van der Waals surface area contributed by atoms with Gasteiger partial charge in [0.15, 0.2) is 0 Å². The summed E-state index contributed by atoms with van der Waals surface area (Å²) in [5, 5.41) is 13.6. The van der Waals surface area contributed by atoms with Crippen molar-refractivity contribution in [1.82, 2.24) is 39.0 Å². The Morgan fingerprint density at radius 1 is 0.756 bits per heavy atom. The standard InChI is InChI=1S/C16H16ClN5O.C16H16ClN5/c17-9-4-5-19-12(6-9)14(23)11-7-22(10-2-1-3-10)16-13(11)15(18)20-8-21-16;17-11-4-5-19-12(7-11)6-10-8-22(13-2-1-3-13)16-14(10)15(18)20-9-21-16/h4-8,10,14,23H,1-3H2,(H2,18,20,21);4-5,7-9,13H,1-3,6H2,(H2,18,20,21). The van der Waals surface area contributed by atoms with Gasteiger partial charge in [-0.25, -0.2) is 19.9 Å². The number of nitrogens with two attached hydrogens (primary N) is 2. The summed E-state index contributed by atoms with van der Waals surface area (Å²) in [6, 6.07) is 7.91. The Kier molecular flexibility index (Phi) is 7.99. The zero-order valence-corrected chi connectivity index (χ0v) is 25.9. The molecule has 230 valence electrons. The van der Waals surface area contributed by atoms with Crippen molar-refractivity contribution in [2.45, 2.75) is 63.1 Å². The van der Waals surface area contributed by atoms with E-state index in [4.69, 9.17) is 34.7 Å². The summed E-state index contributed by atoms with van der Waals surface area (Å²) in [7, 11) is 0. The Hall–Kier alpha value is -4.32. The first-order valence-electron chi connectivity index (χ1n) is 15.0. The van der Waals surface area contributed by atoms with E-state index in [2.05, 4.69) is 45.2 Å². The van der Waals surface area contributed by atoms with Crippen LogP contribution >= 0.6 is 23.2 Å². The van der Waals surface area contributed by atoms with Gasteiger partial charge < -0.3 is 25.7 Å². The van der Waals surface area contributed by atoms with E-state index < -0.39 is 6.10 Å². The van der Waals surface area contributed by atoms with Gasteiger partial charge in [0.25, 0.3) is 0 Å². The number of hydrogen-bond donors (Lipinski definition) is 3. The van der Waals surface area contributed by atoms with Crippen LogP contribution in [0, 0.1) is 0 Å². The third kappa shape index (κ3) is 5.67. The number of hydrogen-bond acceptors (Lipinski definition) is 9. The lowest BCUT2D eigenvalue weighted by atomic mass is 9.93. The first kappa shape index (κ1) is 29.4. The normalized spacial score (nSPS) is 15.8. The molecule has 0 spiro atoms. The lowest BCUT2D eigenvalue weighted by Crippen LogP contribution is -2.16. The van der Waals surface area contributed by atoms with Gasteiger partial charge in [-0.3, -0.25) is 9.97 Å². The molecule has 13 heteroatoms. The number of nitrogens with zero attached hydrogens (tertiary/aromatic N) is 8. The second-order valence-electron chi connectivity index (χ2n) is 11.6. The van der Waals surface area contributed by atoms with E-state index in [9.17, 15) is 5.11 Å². The van der Waals surface area contributed by atoms with Gasteiger partial charge in [-0.2, -0.15) is 0 Å². The largest absolute Gasteiger partial charge is 0.383 e. The van der Waals surface area contributed by atoms with Crippen molar-refractivity contribution in [2.75, 3.05) is 11.5 Å². The van der Waals surface area contributed by atoms with Crippen LogP contribution in [0.4, 0.5) is 11.6 Å². The number of anilines is 2. The van der Waals surface area contributed by atoms with Crippen LogP contribution in [0.2, 0.25) is 10.0 Å². The van der Waals surface area contributed by atoms with Gasteiger partial charge in [0, 0.05) is 64.6 Å². The van der Waals surface area contributed by atoms with Gasteiger partial charge in [-0.1, -0.05) is 23.2 Å². The third-order valence-electron chi connectivity index (χ3n) is 8.79. The molecule has 1 unspecified atom stereocenters. The Morgan fingerprint density at radius 3 is 1.93 bits per heavy atom. The highest BCUT2D eigenvalue weighted by Crippen LogP contribution is 2.39. The Morgan fingerprint density at radius 2 is 1.33 bits per heavy atom. The molecule has 0 saturated heterocycles. The summed E-state index contributed by atoms with van der Waals surface area (Å²) in [6.45, 7) is 0. The van der Waals surface area contributed by atoms with Gasteiger partial charge in [0.05, 0.1) is 16.5 Å². The minimum Gasteiger partial charge on any atom is -0.383 e. The molecule has 2 aliphatic carbocycles. The number of aliphatic hydroxyl groups is 1. The highest BCUT2D eigenvalue weighted by atomic mass is 35.5. The molecule has 8 rings (SSSR count). The van der Waals surface area contributed by atoms with E-state index in [0.29, 0.717) is 56.8 Å². The molecule has 5 N–H and O–H groups in total. The number of halogens is 2. The maximum absolute atomic E-state index is 10.8. The van der Waals surface area contributed by atoms with Crippen LogP contribution in [0.1, 0.15) is 79.2 Å². The molecule has 6 aromatic rings. The van der Waals surface area contributed by atoms with Crippen LogP contribution in [0.3, 0.4) is 0 Å². The second-order valence-corrected chi connectivity index (χ2v) is 12.5. The number of rotatable bonds is 6. The van der Waals surface area contributed by atoms with Crippen molar-refractivity contribution in [1.29, 1.82) is 0 Å². The number of aliphatic hydroxyl groups excluding tert-OH is 1. The summed E-state index contributed by atoms with van der Waals surface area (Å²) in [5.74, 6) is 0.893. The van der Waals surface area contributed by atoms with Crippen molar-refractivity contribution < 1.29 is 5.11 Å². The lowest BCUT2D eigenvalue weighted by Gasteiger charge is -2.27. The van der Waals surface area contributed by atoms with Crippen molar-refractivity contribution in [3.63, 3.8) is 0 Å². The summed E-state index contributed by atoms with van der Waals surface area (Å²) < 4.78 is 4.34. The Balaban J connectivity index is 0.000000145. The van der Waals surface area contributed by atoms with Gasteiger partial charge in [-0.05, 0) is 68.4 Å². The quantitative estimate of drug-likeness (QED) is 0.191. The van der Waals surface area contributed by atoms with Crippen LogP contribution < -0.4 is 11.5 Å². The fourth-order valence-corrected chi connectivity index (χ4v) is 6.37. The van der Waals surface area contributed by atoms with Crippen LogP contribution in [-0.4, -0.2) is 44.1 Å². The molecule has 0 bridgehead atoms. The molecular weight excluding hydrogens is 611 g/mol. The summed E-state index contributed by atoms with van der Waals surface area (Å²) in [4.78, 5) is 25.6. The first-order valence-corrected chi connectivity index (χ1v) is 15.7. The maximum atomic E-state index is 10.8. The van der Waals surface area contributed by atoms with Crippen molar-refractivity contribution >= 4 is 56.9 Å².